The van der Waals surface area contributed by atoms with Gasteiger partial charge in [0, 0.05) is 32.2 Å². The summed E-state index contributed by atoms with van der Waals surface area (Å²) in [4.78, 5) is 25.3. The molecule has 25 heavy (non-hydrogen) atoms. The van der Waals surface area contributed by atoms with Crippen LogP contribution in [0, 0.1) is 5.82 Å². The molecule has 2 heterocycles. The smallest absolute Gasteiger partial charge is 0.449 e. The van der Waals surface area contributed by atoms with E-state index >= 15 is 0 Å². The molecule has 2 fully saturated rings. The average molecular weight is 347 g/mol. The van der Waals surface area contributed by atoms with Crippen molar-refractivity contribution in [2.45, 2.75) is 18.9 Å². The van der Waals surface area contributed by atoms with Crippen molar-refractivity contribution in [1.82, 2.24) is 9.88 Å². The summed E-state index contributed by atoms with van der Waals surface area (Å²) in [6.45, 7) is 2.93. The molecule has 1 saturated carbocycles. The van der Waals surface area contributed by atoms with Crippen LogP contribution in [0.3, 0.4) is 0 Å². The van der Waals surface area contributed by atoms with Gasteiger partial charge in [-0.25, -0.2) is 9.18 Å². The number of benzene rings is 1. The molecule has 0 unspecified atom stereocenters. The maximum Gasteiger partial charge on any atom is 0.511 e. The SMILES string of the molecule is O=C(O)Oc1cn(C2CC2)c2cc(N3CCNCC3)c(F)cc2c1=O. The Balaban J connectivity index is 1.90. The van der Waals surface area contributed by atoms with Gasteiger partial charge in [-0.3, -0.25) is 4.79 Å². The van der Waals surface area contributed by atoms with Gasteiger partial charge in [0.1, 0.15) is 5.82 Å². The summed E-state index contributed by atoms with van der Waals surface area (Å²) in [5.41, 5.74) is 0.468. The minimum absolute atomic E-state index is 0.141. The van der Waals surface area contributed by atoms with Gasteiger partial charge in [-0.05, 0) is 25.0 Å². The van der Waals surface area contributed by atoms with E-state index in [0.29, 0.717) is 24.3 Å². The normalized spacial score (nSPS) is 17.7. The monoisotopic (exact) mass is 347 g/mol. The number of hydrogen-bond donors (Lipinski definition) is 2. The van der Waals surface area contributed by atoms with Crippen LogP contribution in [-0.4, -0.2) is 42.0 Å². The molecular weight excluding hydrogens is 329 g/mol. The second-order valence-electron chi connectivity index (χ2n) is 6.39. The lowest BCUT2D eigenvalue weighted by Crippen LogP contribution is -2.43. The summed E-state index contributed by atoms with van der Waals surface area (Å²) in [6.07, 6.45) is 1.74. The molecule has 0 radical (unpaired) electrons. The van der Waals surface area contributed by atoms with Crippen LogP contribution in [0.5, 0.6) is 5.75 Å². The molecule has 2 aromatic rings. The molecule has 4 rings (SSSR count). The molecule has 0 amide bonds. The summed E-state index contributed by atoms with van der Waals surface area (Å²) in [6, 6.07) is 3.07. The second kappa shape index (κ2) is 6.03. The number of ether oxygens (including phenoxy) is 1. The van der Waals surface area contributed by atoms with Crippen molar-refractivity contribution in [1.29, 1.82) is 0 Å². The van der Waals surface area contributed by atoms with Gasteiger partial charge in [0.15, 0.2) is 5.75 Å². The number of halogens is 1. The van der Waals surface area contributed by atoms with Crippen LogP contribution in [0.2, 0.25) is 0 Å². The van der Waals surface area contributed by atoms with Crippen molar-refractivity contribution in [3.63, 3.8) is 0 Å². The number of pyridine rings is 1. The largest absolute Gasteiger partial charge is 0.511 e. The number of anilines is 1. The Morgan fingerprint density at radius 3 is 2.64 bits per heavy atom. The highest BCUT2D eigenvalue weighted by molar-refractivity contribution is 5.85. The molecule has 0 spiro atoms. The van der Waals surface area contributed by atoms with Gasteiger partial charge in [-0.2, -0.15) is 0 Å². The number of nitrogens with one attached hydrogen (secondary N) is 1. The highest BCUT2D eigenvalue weighted by atomic mass is 19.1. The number of rotatable bonds is 3. The van der Waals surface area contributed by atoms with Crippen LogP contribution in [0.25, 0.3) is 10.9 Å². The third-order valence-corrected chi connectivity index (χ3v) is 4.66. The van der Waals surface area contributed by atoms with E-state index in [9.17, 15) is 14.0 Å². The van der Waals surface area contributed by atoms with E-state index in [4.69, 9.17) is 5.11 Å². The van der Waals surface area contributed by atoms with E-state index in [1.54, 1.807) is 6.07 Å². The highest BCUT2D eigenvalue weighted by Crippen LogP contribution is 2.38. The Kier molecular flexibility index (Phi) is 3.84. The summed E-state index contributed by atoms with van der Waals surface area (Å²) in [5.74, 6) is -0.775. The Hall–Kier alpha value is -2.61. The van der Waals surface area contributed by atoms with Crippen LogP contribution in [0.4, 0.5) is 14.9 Å². The van der Waals surface area contributed by atoms with Crippen LogP contribution >= 0.6 is 0 Å². The number of fused-ring (bicyclic) bond motifs is 1. The second-order valence-corrected chi connectivity index (χ2v) is 6.39. The van der Waals surface area contributed by atoms with Gasteiger partial charge in [-0.1, -0.05) is 0 Å². The fraction of sp³-hybridized carbons (Fsp3) is 0.412. The van der Waals surface area contributed by atoms with Crippen molar-refractivity contribution < 1.29 is 19.0 Å². The first-order valence-electron chi connectivity index (χ1n) is 8.29. The molecule has 0 atom stereocenters. The van der Waals surface area contributed by atoms with Crippen molar-refractivity contribution >= 4 is 22.7 Å². The zero-order valence-corrected chi connectivity index (χ0v) is 13.5. The number of carbonyl (C=O) groups is 1. The van der Waals surface area contributed by atoms with E-state index in [0.717, 1.165) is 25.9 Å². The van der Waals surface area contributed by atoms with Crippen LogP contribution in [0.15, 0.2) is 23.1 Å². The van der Waals surface area contributed by atoms with Crippen molar-refractivity contribution in [2.75, 3.05) is 31.1 Å². The molecule has 7 nitrogen and oxygen atoms in total. The number of aromatic nitrogens is 1. The summed E-state index contributed by atoms with van der Waals surface area (Å²) >= 11 is 0. The van der Waals surface area contributed by atoms with E-state index in [-0.39, 0.29) is 17.2 Å². The lowest BCUT2D eigenvalue weighted by molar-refractivity contribution is 0.143. The van der Waals surface area contributed by atoms with Gasteiger partial charge < -0.3 is 24.6 Å². The van der Waals surface area contributed by atoms with Crippen LogP contribution in [0.1, 0.15) is 18.9 Å². The maximum atomic E-state index is 14.7. The molecule has 132 valence electrons. The van der Waals surface area contributed by atoms with Gasteiger partial charge in [0.05, 0.1) is 22.8 Å². The predicted octanol–water partition coefficient (Wildman–Crippen LogP) is 1.94. The Labute approximate surface area is 142 Å². The number of nitrogens with zero attached hydrogens (tertiary/aromatic N) is 2. The Bertz CT molecular complexity index is 901. The Morgan fingerprint density at radius 2 is 2.00 bits per heavy atom. The lowest BCUT2D eigenvalue weighted by atomic mass is 10.1. The van der Waals surface area contributed by atoms with Gasteiger partial charge in [0.2, 0.25) is 5.43 Å². The van der Waals surface area contributed by atoms with Crippen molar-refractivity contribution in [3.8, 4) is 5.75 Å². The highest BCUT2D eigenvalue weighted by Gasteiger charge is 2.27. The first-order valence-corrected chi connectivity index (χ1v) is 8.29. The van der Waals surface area contributed by atoms with E-state index in [1.165, 1.54) is 12.3 Å². The minimum atomic E-state index is -1.56. The lowest BCUT2D eigenvalue weighted by Gasteiger charge is -2.30. The number of piperazine rings is 1. The van der Waals surface area contributed by atoms with Crippen LogP contribution in [-0.2, 0) is 0 Å². The maximum absolute atomic E-state index is 14.7. The fourth-order valence-corrected chi connectivity index (χ4v) is 3.30. The fourth-order valence-electron chi connectivity index (χ4n) is 3.30. The summed E-state index contributed by atoms with van der Waals surface area (Å²) in [5, 5.41) is 12.2. The molecule has 1 aliphatic carbocycles. The predicted molar refractivity (Wildman–Crippen MR) is 90.2 cm³/mol. The zero-order valence-electron chi connectivity index (χ0n) is 13.5. The van der Waals surface area contributed by atoms with Crippen molar-refractivity contribution in [3.05, 3.63) is 34.4 Å². The zero-order chi connectivity index (χ0) is 17.6. The number of carboxylic acid groups (broad SMARTS) is 1. The molecule has 1 saturated heterocycles. The third kappa shape index (κ3) is 2.93. The molecule has 2 aliphatic rings. The number of hydrogen-bond acceptors (Lipinski definition) is 5. The summed E-state index contributed by atoms with van der Waals surface area (Å²) in [7, 11) is 0. The van der Waals surface area contributed by atoms with Gasteiger partial charge >= 0.3 is 6.16 Å². The molecule has 2 N–H and O–H groups in total. The van der Waals surface area contributed by atoms with Crippen molar-refractivity contribution in [2.24, 2.45) is 0 Å². The Morgan fingerprint density at radius 1 is 1.28 bits per heavy atom. The minimum Gasteiger partial charge on any atom is -0.449 e. The van der Waals surface area contributed by atoms with E-state index < -0.39 is 17.4 Å². The molecule has 8 heteroatoms. The van der Waals surface area contributed by atoms with Crippen LogP contribution < -0.4 is 20.4 Å². The van der Waals surface area contributed by atoms with Gasteiger partial charge in [-0.15, -0.1) is 0 Å². The van der Waals surface area contributed by atoms with E-state index in [2.05, 4.69) is 10.1 Å². The molecular formula is C17H18FN3O4. The molecule has 1 aromatic heterocycles. The molecule has 0 bridgehead atoms. The quantitative estimate of drug-likeness (QED) is 0.826. The first kappa shape index (κ1) is 15.9. The summed E-state index contributed by atoms with van der Waals surface area (Å²) < 4.78 is 21.1. The van der Waals surface area contributed by atoms with E-state index in [1.807, 2.05) is 9.47 Å². The van der Waals surface area contributed by atoms with Gasteiger partial charge in [0.25, 0.3) is 0 Å². The average Bonchev–Trinajstić information content (AvgIpc) is 3.42. The third-order valence-electron chi connectivity index (χ3n) is 4.66. The molecule has 1 aromatic carbocycles. The first-order chi connectivity index (χ1) is 12.0. The topological polar surface area (TPSA) is 83.8 Å². The molecule has 1 aliphatic heterocycles. The standard InChI is InChI=1S/C17H18FN3O4/c18-12-7-11-13(8-14(12)20-5-3-19-4-6-20)21(10-1-2-10)9-15(16(11)22)25-17(23)24/h7-10,19H,1-6H2,(H,23,24).